The van der Waals surface area contributed by atoms with Crippen molar-refractivity contribution in [2.45, 2.75) is 12.8 Å². The highest BCUT2D eigenvalue weighted by molar-refractivity contribution is 8.23. The summed E-state index contributed by atoms with van der Waals surface area (Å²) >= 11 is 12.8. The largest absolute Gasteiger partial charge is 0.495 e. The minimum absolute atomic E-state index is 0.153. The molecule has 1 aromatic rings. The molecule has 1 aliphatic heterocycles. The monoisotopic (exact) mass is 374 g/mol. The molecule has 0 atom stereocenters. The summed E-state index contributed by atoms with van der Waals surface area (Å²) in [5, 5.41) is 3.23. The van der Waals surface area contributed by atoms with E-state index in [0.717, 1.165) is 30.3 Å². The number of ether oxygens (including phenoxy) is 2. The third-order valence-corrected chi connectivity index (χ3v) is 5.26. The third-order valence-electron chi connectivity index (χ3n) is 3.44. The molecule has 1 amide bonds. The van der Waals surface area contributed by atoms with Crippen molar-refractivity contribution in [3.8, 4) is 11.5 Å². The summed E-state index contributed by atoms with van der Waals surface area (Å²) in [6, 6.07) is 3.25. The second kappa shape index (κ2) is 8.61. The summed E-state index contributed by atoms with van der Waals surface area (Å²) in [4.78, 5) is 14.3. The summed E-state index contributed by atoms with van der Waals surface area (Å²) in [7, 11) is 3.04. The van der Waals surface area contributed by atoms with E-state index < -0.39 is 0 Å². The van der Waals surface area contributed by atoms with Crippen molar-refractivity contribution in [3.63, 3.8) is 0 Å². The number of benzene rings is 1. The molecule has 0 radical (unpaired) electrons. The molecule has 1 fully saturated rings. The van der Waals surface area contributed by atoms with Crippen LogP contribution in [-0.4, -0.2) is 48.2 Å². The minimum Gasteiger partial charge on any atom is -0.495 e. The molecule has 0 saturated carbocycles. The molecule has 0 aliphatic carbocycles. The van der Waals surface area contributed by atoms with Crippen LogP contribution in [0.5, 0.6) is 11.5 Å². The van der Waals surface area contributed by atoms with Gasteiger partial charge in [0, 0.05) is 25.2 Å². The van der Waals surface area contributed by atoms with Gasteiger partial charge in [0.05, 0.1) is 30.7 Å². The maximum absolute atomic E-state index is 12.1. The smallest absolute Gasteiger partial charge is 0.234 e. The first-order valence-corrected chi connectivity index (χ1v) is 8.95. The maximum atomic E-state index is 12.1. The number of thioether (sulfide) groups is 1. The molecule has 2 rings (SSSR count). The normalized spacial score (nSPS) is 13.8. The van der Waals surface area contributed by atoms with Crippen LogP contribution < -0.4 is 14.8 Å². The van der Waals surface area contributed by atoms with Gasteiger partial charge in [-0.15, -0.1) is 0 Å². The van der Waals surface area contributed by atoms with Crippen LogP contribution >= 0.6 is 35.6 Å². The zero-order valence-electron chi connectivity index (χ0n) is 13.1. The van der Waals surface area contributed by atoms with E-state index in [4.69, 9.17) is 33.3 Å². The Morgan fingerprint density at radius 1 is 1.30 bits per heavy atom. The summed E-state index contributed by atoms with van der Waals surface area (Å²) < 4.78 is 11.2. The standard InChI is InChI=1S/C15H19ClN2O3S2/c1-20-12-8-11(13(21-2)7-10(12)16)17-14(19)9-23-15(22)18-5-3-4-6-18/h7-8H,3-6,9H2,1-2H3,(H,17,19). The fourth-order valence-corrected chi connectivity index (χ4v) is 3.54. The number of amides is 1. The second-order valence-electron chi connectivity index (χ2n) is 4.98. The molecule has 8 heteroatoms. The first-order valence-electron chi connectivity index (χ1n) is 7.18. The van der Waals surface area contributed by atoms with Crippen LogP contribution in [0.15, 0.2) is 12.1 Å². The fourth-order valence-electron chi connectivity index (χ4n) is 2.26. The van der Waals surface area contributed by atoms with E-state index in [0.29, 0.717) is 22.2 Å². The highest BCUT2D eigenvalue weighted by atomic mass is 35.5. The Labute approximate surface area is 150 Å². The van der Waals surface area contributed by atoms with Gasteiger partial charge in [0.2, 0.25) is 5.91 Å². The molecule has 1 saturated heterocycles. The number of hydrogen-bond donors (Lipinski definition) is 1. The van der Waals surface area contributed by atoms with Gasteiger partial charge < -0.3 is 19.7 Å². The number of anilines is 1. The molecular weight excluding hydrogens is 356 g/mol. The first-order chi connectivity index (χ1) is 11.0. The molecule has 23 heavy (non-hydrogen) atoms. The molecule has 0 aromatic heterocycles. The Hall–Kier alpha value is -1.18. The van der Waals surface area contributed by atoms with E-state index >= 15 is 0 Å². The van der Waals surface area contributed by atoms with E-state index in [-0.39, 0.29) is 11.7 Å². The molecule has 0 bridgehead atoms. The van der Waals surface area contributed by atoms with Crippen molar-refractivity contribution in [2.75, 3.05) is 38.4 Å². The Morgan fingerprint density at radius 2 is 1.96 bits per heavy atom. The lowest BCUT2D eigenvalue weighted by molar-refractivity contribution is -0.113. The number of carbonyl (C=O) groups excluding carboxylic acids is 1. The molecule has 1 heterocycles. The predicted molar refractivity (Wildman–Crippen MR) is 99.0 cm³/mol. The van der Waals surface area contributed by atoms with Gasteiger partial charge in [-0.05, 0) is 12.8 Å². The topological polar surface area (TPSA) is 50.8 Å². The van der Waals surface area contributed by atoms with Gasteiger partial charge in [0.15, 0.2) is 0 Å². The number of nitrogens with zero attached hydrogens (tertiary/aromatic N) is 1. The van der Waals surface area contributed by atoms with Crippen LogP contribution in [0.1, 0.15) is 12.8 Å². The first kappa shape index (κ1) is 18.2. The summed E-state index contributed by atoms with van der Waals surface area (Å²) in [5.41, 5.74) is 0.520. The van der Waals surface area contributed by atoms with Gasteiger partial charge in [0.25, 0.3) is 0 Å². The van der Waals surface area contributed by atoms with E-state index in [1.54, 1.807) is 12.1 Å². The Morgan fingerprint density at radius 3 is 2.57 bits per heavy atom. The van der Waals surface area contributed by atoms with E-state index in [1.807, 2.05) is 0 Å². The molecule has 0 spiro atoms. The highest BCUT2D eigenvalue weighted by Crippen LogP contribution is 2.35. The van der Waals surface area contributed by atoms with Gasteiger partial charge in [-0.2, -0.15) is 0 Å². The Kier molecular flexibility index (Phi) is 6.80. The Balaban J connectivity index is 1.95. The van der Waals surface area contributed by atoms with Crippen LogP contribution in [0.3, 0.4) is 0 Å². The zero-order chi connectivity index (χ0) is 16.8. The quantitative estimate of drug-likeness (QED) is 0.797. The number of hydrogen-bond acceptors (Lipinski definition) is 5. The van der Waals surface area contributed by atoms with E-state index in [9.17, 15) is 4.79 Å². The van der Waals surface area contributed by atoms with Crippen molar-refractivity contribution in [1.29, 1.82) is 0 Å². The number of carbonyl (C=O) groups is 1. The molecule has 1 aromatic carbocycles. The zero-order valence-corrected chi connectivity index (χ0v) is 15.4. The number of methoxy groups -OCH3 is 2. The van der Waals surface area contributed by atoms with Gasteiger partial charge in [-0.1, -0.05) is 35.6 Å². The van der Waals surface area contributed by atoms with E-state index in [1.165, 1.54) is 26.0 Å². The number of halogens is 1. The van der Waals surface area contributed by atoms with Crippen LogP contribution in [0.4, 0.5) is 5.69 Å². The molecule has 1 aliphatic rings. The van der Waals surface area contributed by atoms with Crippen LogP contribution in [-0.2, 0) is 4.79 Å². The Bertz CT molecular complexity index is 592. The SMILES string of the molecule is COc1cc(NC(=O)CSC(=S)N2CCCC2)c(OC)cc1Cl. The van der Waals surface area contributed by atoms with Crippen molar-refractivity contribution in [2.24, 2.45) is 0 Å². The molecule has 1 N–H and O–H groups in total. The number of thiocarbonyl (C=S) groups is 1. The predicted octanol–water partition coefficient (Wildman–Crippen LogP) is 3.41. The summed E-state index contributed by atoms with van der Waals surface area (Å²) in [6.07, 6.45) is 2.32. The fraction of sp³-hybridized carbons (Fsp3) is 0.467. The average molecular weight is 375 g/mol. The van der Waals surface area contributed by atoms with Crippen molar-refractivity contribution in [3.05, 3.63) is 17.2 Å². The molecule has 5 nitrogen and oxygen atoms in total. The van der Waals surface area contributed by atoms with Crippen molar-refractivity contribution < 1.29 is 14.3 Å². The summed E-state index contributed by atoms with van der Waals surface area (Å²) in [5.74, 6) is 1.06. The number of likely N-dealkylation sites (tertiary alicyclic amines) is 1. The third kappa shape index (κ3) is 4.89. The van der Waals surface area contributed by atoms with Crippen LogP contribution in [0.2, 0.25) is 5.02 Å². The van der Waals surface area contributed by atoms with Gasteiger partial charge in [-0.3, -0.25) is 4.79 Å². The van der Waals surface area contributed by atoms with Gasteiger partial charge in [0.1, 0.15) is 15.8 Å². The van der Waals surface area contributed by atoms with Crippen molar-refractivity contribution in [1.82, 2.24) is 4.90 Å². The molecule has 126 valence electrons. The average Bonchev–Trinajstić information content (AvgIpc) is 3.08. The van der Waals surface area contributed by atoms with Gasteiger partial charge >= 0.3 is 0 Å². The summed E-state index contributed by atoms with van der Waals surface area (Å²) in [6.45, 7) is 1.96. The molecular formula is C15H19ClN2O3S2. The molecule has 0 unspecified atom stereocenters. The number of nitrogens with one attached hydrogen (secondary N) is 1. The van der Waals surface area contributed by atoms with Gasteiger partial charge in [-0.25, -0.2) is 0 Å². The highest BCUT2D eigenvalue weighted by Gasteiger charge is 2.17. The van der Waals surface area contributed by atoms with E-state index in [2.05, 4.69) is 10.2 Å². The second-order valence-corrected chi connectivity index (χ2v) is 7.00. The van der Waals surface area contributed by atoms with Crippen molar-refractivity contribution >= 4 is 51.5 Å². The lowest BCUT2D eigenvalue weighted by Crippen LogP contribution is -2.25. The number of rotatable bonds is 5. The lowest BCUT2D eigenvalue weighted by Gasteiger charge is -2.17. The maximum Gasteiger partial charge on any atom is 0.234 e. The van der Waals surface area contributed by atoms with Crippen LogP contribution in [0.25, 0.3) is 0 Å². The minimum atomic E-state index is -0.153. The van der Waals surface area contributed by atoms with Crippen LogP contribution in [0, 0.1) is 0 Å². The lowest BCUT2D eigenvalue weighted by atomic mass is 10.2.